The molecule has 0 rings (SSSR count). The first-order chi connectivity index (χ1) is 11.8. The summed E-state index contributed by atoms with van der Waals surface area (Å²) in [7, 11) is 0. The molecule has 0 aromatic rings. The van der Waals surface area contributed by atoms with E-state index < -0.39 is 23.4 Å². The van der Waals surface area contributed by atoms with E-state index in [-0.39, 0.29) is 11.7 Å². The molecule has 26 heavy (non-hydrogen) atoms. The molecule has 0 atom stereocenters. The number of unbranched alkanes of at least 4 members (excludes halogenated alkanes) is 2. The molecule has 0 unspecified atom stereocenters. The predicted octanol–water partition coefficient (Wildman–Crippen LogP) is 3.54. The second-order valence-electron chi connectivity index (χ2n) is 8.01. The van der Waals surface area contributed by atoms with Crippen LogP contribution < -0.4 is 10.6 Å². The Labute approximate surface area is 156 Å². The second-order valence-corrected chi connectivity index (χ2v) is 8.01. The Morgan fingerprint density at radius 3 is 1.96 bits per heavy atom. The second kappa shape index (κ2) is 10.8. The number of nitrogens with zero attached hydrogens (tertiary/aromatic N) is 1. The number of amides is 2. The van der Waals surface area contributed by atoms with Crippen molar-refractivity contribution in [3.8, 4) is 0 Å². The summed E-state index contributed by atoms with van der Waals surface area (Å²) < 4.78 is 10.3. The Balaban J connectivity index is 4.70. The molecule has 0 radical (unpaired) electrons. The third kappa shape index (κ3) is 15.4. The monoisotopic (exact) mass is 371 g/mol. The molecule has 0 heterocycles. The zero-order valence-corrected chi connectivity index (χ0v) is 17.0. The van der Waals surface area contributed by atoms with Gasteiger partial charge in [-0.1, -0.05) is 6.42 Å². The van der Waals surface area contributed by atoms with Crippen molar-refractivity contribution in [1.29, 1.82) is 0 Å². The summed E-state index contributed by atoms with van der Waals surface area (Å²) in [4.78, 5) is 38.4. The molecule has 0 aromatic heterocycles. The van der Waals surface area contributed by atoms with Crippen molar-refractivity contribution in [1.82, 2.24) is 10.6 Å². The fraction of sp³-hybridized carbons (Fsp3) is 0.778. The van der Waals surface area contributed by atoms with Crippen LogP contribution in [-0.2, 0) is 14.3 Å². The number of Topliss-reactive ketones (excluding diaryl/α,β-unsaturated/α-hetero) is 1. The summed E-state index contributed by atoms with van der Waals surface area (Å²) in [6.07, 6.45) is 1.43. The third-order valence-corrected chi connectivity index (χ3v) is 2.71. The molecule has 0 fully saturated rings. The number of hydrogen-bond acceptors (Lipinski definition) is 5. The molecule has 2 amide bonds. The molecular weight excluding hydrogens is 338 g/mol. The van der Waals surface area contributed by atoms with Crippen LogP contribution in [0.4, 0.5) is 9.59 Å². The molecule has 0 saturated heterocycles. The van der Waals surface area contributed by atoms with E-state index in [2.05, 4.69) is 15.6 Å². The van der Waals surface area contributed by atoms with E-state index in [0.29, 0.717) is 13.0 Å². The van der Waals surface area contributed by atoms with E-state index in [0.717, 1.165) is 19.3 Å². The summed E-state index contributed by atoms with van der Waals surface area (Å²) in [5, 5.41) is 5.32. The molecule has 0 aliphatic rings. The van der Waals surface area contributed by atoms with Crippen LogP contribution in [0.2, 0.25) is 0 Å². The average molecular weight is 371 g/mol. The highest BCUT2D eigenvalue weighted by Crippen LogP contribution is 2.08. The van der Waals surface area contributed by atoms with Gasteiger partial charge in [0, 0.05) is 13.0 Å². The maximum absolute atomic E-state index is 11.9. The van der Waals surface area contributed by atoms with Crippen molar-refractivity contribution >= 4 is 23.9 Å². The predicted molar refractivity (Wildman–Crippen MR) is 100 cm³/mol. The number of alkyl carbamates (subject to hydrolysis) is 1. The SMILES string of the molecule is CC(=O)CCCCCN/C(=N/C(=O)OC(C)(C)C)NC(=O)OC(C)(C)C. The molecule has 8 nitrogen and oxygen atoms in total. The van der Waals surface area contributed by atoms with E-state index >= 15 is 0 Å². The van der Waals surface area contributed by atoms with Gasteiger partial charge in [0.2, 0.25) is 5.96 Å². The van der Waals surface area contributed by atoms with Gasteiger partial charge in [-0.05, 0) is 61.3 Å². The number of carbonyl (C=O) groups is 3. The fourth-order valence-corrected chi connectivity index (χ4v) is 1.77. The highest BCUT2D eigenvalue weighted by Gasteiger charge is 2.20. The van der Waals surface area contributed by atoms with E-state index in [4.69, 9.17) is 9.47 Å². The van der Waals surface area contributed by atoms with Gasteiger partial charge in [-0.3, -0.25) is 5.32 Å². The van der Waals surface area contributed by atoms with Crippen LogP contribution in [0, 0.1) is 0 Å². The minimum atomic E-state index is -0.812. The summed E-state index contributed by atoms with van der Waals surface area (Å²) in [5.41, 5.74) is -1.36. The number of ether oxygens (including phenoxy) is 2. The number of ketones is 1. The Morgan fingerprint density at radius 2 is 1.46 bits per heavy atom. The van der Waals surface area contributed by atoms with E-state index in [1.165, 1.54) is 0 Å². The van der Waals surface area contributed by atoms with Gasteiger partial charge in [0.25, 0.3) is 0 Å². The maximum atomic E-state index is 11.9. The number of hydrogen-bond donors (Lipinski definition) is 2. The number of rotatable bonds is 6. The van der Waals surface area contributed by atoms with Gasteiger partial charge in [0.05, 0.1) is 0 Å². The Hall–Kier alpha value is -2.12. The van der Waals surface area contributed by atoms with E-state index in [1.807, 2.05) is 0 Å². The van der Waals surface area contributed by atoms with E-state index in [9.17, 15) is 14.4 Å². The van der Waals surface area contributed by atoms with Crippen LogP contribution in [0.1, 0.15) is 74.1 Å². The van der Waals surface area contributed by atoms with Gasteiger partial charge < -0.3 is 19.6 Å². The number of carbonyl (C=O) groups excluding carboxylic acids is 3. The molecule has 0 saturated carbocycles. The van der Waals surface area contributed by atoms with Crippen LogP contribution >= 0.6 is 0 Å². The van der Waals surface area contributed by atoms with Gasteiger partial charge in [-0.2, -0.15) is 0 Å². The lowest BCUT2D eigenvalue weighted by atomic mass is 10.1. The summed E-state index contributed by atoms with van der Waals surface area (Å²) in [5.74, 6) is 0.136. The Bertz CT molecular complexity index is 516. The molecule has 0 aliphatic heterocycles. The smallest absolute Gasteiger partial charge is 0.437 e. The molecule has 0 aromatic carbocycles. The first-order valence-corrected chi connectivity index (χ1v) is 8.83. The average Bonchev–Trinajstić information content (AvgIpc) is 2.37. The highest BCUT2D eigenvalue weighted by atomic mass is 16.6. The number of nitrogens with one attached hydrogen (secondary N) is 2. The molecule has 2 N–H and O–H groups in total. The van der Waals surface area contributed by atoms with Crippen molar-refractivity contribution < 1.29 is 23.9 Å². The lowest BCUT2D eigenvalue weighted by Crippen LogP contribution is -2.44. The minimum Gasteiger partial charge on any atom is -0.444 e. The molecule has 0 spiro atoms. The van der Waals surface area contributed by atoms with Crippen LogP contribution in [0.5, 0.6) is 0 Å². The Morgan fingerprint density at radius 1 is 0.885 bits per heavy atom. The summed E-state index contributed by atoms with van der Waals surface area (Å²) >= 11 is 0. The van der Waals surface area contributed by atoms with Crippen molar-refractivity contribution in [2.24, 2.45) is 4.99 Å². The molecule has 8 heteroatoms. The van der Waals surface area contributed by atoms with Crippen molar-refractivity contribution in [3.05, 3.63) is 0 Å². The van der Waals surface area contributed by atoms with Crippen LogP contribution in [-0.4, -0.2) is 41.7 Å². The van der Waals surface area contributed by atoms with Crippen molar-refractivity contribution in [3.63, 3.8) is 0 Å². The fourth-order valence-electron chi connectivity index (χ4n) is 1.77. The van der Waals surface area contributed by atoms with Crippen molar-refractivity contribution in [2.75, 3.05) is 6.54 Å². The molecular formula is C18H33N3O5. The molecule has 150 valence electrons. The number of aliphatic imine (C=N–C) groups is 1. The third-order valence-electron chi connectivity index (χ3n) is 2.71. The normalized spacial score (nSPS) is 12.3. The maximum Gasteiger partial charge on any atom is 0.437 e. The highest BCUT2D eigenvalue weighted by molar-refractivity contribution is 5.98. The quantitative estimate of drug-likeness (QED) is 0.420. The summed E-state index contributed by atoms with van der Waals surface area (Å²) in [6, 6.07) is 0. The van der Waals surface area contributed by atoms with Gasteiger partial charge in [-0.15, -0.1) is 4.99 Å². The zero-order chi connectivity index (χ0) is 20.4. The first-order valence-electron chi connectivity index (χ1n) is 8.83. The topological polar surface area (TPSA) is 106 Å². The van der Waals surface area contributed by atoms with E-state index in [1.54, 1.807) is 48.5 Å². The first kappa shape index (κ1) is 23.9. The standard InChI is InChI=1S/C18H33N3O5/c1-13(22)11-9-8-10-12-19-14(20-15(23)25-17(2,3)4)21-16(24)26-18(5,6)7/h8-12H2,1-7H3,(H2,19,20,21,23,24). The van der Waals surface area contributed by atoms with Gasteiger partial charge >= 0.3 is 12.2 Å². The zero-order valence-electron chi connectivity index (χ0n) is 17.0. The van der Waals surface area contributed by atoms with Gasteiger partial charge in [0.1, 0.15) is 17.0 Å². The van der Waals surface area contributed by atoms with Crippen LogP contribution in [0.25, 0.3) is 0 Å². The van der Waals surface area contributed by atoms with Crippen LogP contribution in [0.15, 0.2) is 4.99 Å². The molecule has 0 aliphatic carbocycles. The minimum absolute atomic E-state index is 0.0277. The summed E-state index contributed by atoms with van der Waals surface area (Å²) in [6.45, 7) is 12.4. The largest absolute Gasteiger partial charge is 0.444 e. The van der Waals surface area contributed by atoms with Gasteiger partial charge in [-0.25, -0.2) is 9.59 Å². The lowest BCUT2D eigenvalue weighted by Gasteiger charge is -2.21. The molecule has 0 bridgehead atoms. The number of guanidine groups is 1. The van der Waals surface area contributed by atoms with Crippen LogP contribution in [0.3, 0.4) is 0 Å². The lowest BCUT2D eigenvalue weighted by molar-refractivity contribution is -0.117. The van der Waals surface area contributed by atoms with Crippen molar-refractivity contribution in [2.45, 2.75) is 85.4 Å². The van der Waals surface area contributed by atoms with Gasteiger partial charge in [0.15, 0.2) is 0 Å². The Kier molecular flexibility index (Phi) is 9.90.